The number of hydrogen-bond donors (Lipinski definition) is 1. The van der Waals surface area contributed by atoms with Crippen LogP contribution in [0.1, 0.15) is 27.2 Å². The Morgan fingerprint density at radius 1 is 1.06 bits per heavy atom. The number of piperazine rings is 1. The summed E-state index contributed by atoms with van der Waals surface area (Å²) in [4.78, 5) is 17.6. The van der Waals surface area contributed by atoms with E-state index in [9.17, 15) is 4.79 Å². The van der Waals surface area contributed by atoms with E-state index in [-0.39, 0.29) is 12.7 Å². The van der Waals surface area contributed by atoms with E-state index in [1.807, 2.05) is 29.2 Å². The monoisotopic (exact) mass is 446 g/mol. The number of nitrogens with one attached hydrogen (secondary N) is 1. The van der Waals surface area contributed by atoms with E-state index in [0.717, 1.165) is 66.5 Å². The van der Waals surface area contributed by atoms with Gasteiger partial charge in [-0.05, 0) is 54.3 Å². The van der Waals surface area contributed by atoms with Gasteiger partial charge in [-0.15, -0.1) is 0 Å². The zero-order chi connectivity index (χ0) is 22.4. The quantitative estimate of drug-likeness (QED) is 0.664. The molecule has 3 heterocycles. The molecule has 1 aliphatic carbocycles. The lowest BCUT2D eigenvalue weighted by molar-refractivity contribution is 0.0621. The number of fused-ring (bicyclic) bond motifs is 4. The van der Waals surface area contributed by atoms with E-state index in [4.69, 9.17) is 14.2 Å². The highest BCUT2D eigenvalue weighted by Gasteiger charge is 2.30. The third kappa shape index (κ3) is 3.60. The minimum absolute atomic E-state index is 0.0449. The number of nitrogens with zero attached hydrogens (tertiary/aromatic N) is 3. The average Bonchev–Trinajstić information content (AvgIpc) is 3.50. The van der Waals surface area contributed by atoms with Crippen molar-refractivity contribution in [3.8, 4) is 28.5 Å². The SMILES string of the molecule is COc1ccc2c(c1)CCc1c-2n[nH]c1C(=O)N1CCN(Cc2ccc3c(c2)OCO3)CC1. The normalized spacial score (nSPS) is 16.9. The van der Waals surface area contributed by atoms with Crippen LogP contribution in [0.3, 0.4) is 0 Å². The summed E-state index contributed by atoms with van der Waals surface area (Å²) in [6.45, 7) is 4.18. The van der Waals surface area contributed by atoms with Crippen molar-refractivity contribution in [2.24, 2.45) is 0 Å². The Morgan fingerprint density at radius 2 is 1.91 bits per heavy atom. The van der Waals surface area contributed by atoms with Gasteiger partial charge in [-0.2, -0.15) is 5.10 Å². The van der Waals surface area contributed by atoms with E-state index in [1.165, 1.54) is 11.1 Å². The second-order valence-electron chi connectivity index (χ2n) is 8.70. The fraction of sp³-hybridized carbons (Fsp3) is 0.360. The molecule has 0 atom stereocenters. The van der Waals surface area contributed by atoms with Crippen molar-refractivity contribution in [1.82, 2.24) is 20.0 Å². The first-order chi connectivity index (χ1) is 16.2. The van der Waals surface area contributed by atoms with Gasteiger partial charge in [-0.3, -0.25) is 14.8 Å². The van der Waals surface area contributed by atoms with E-state index < -0.39 is 0 Å². The average molecular weight is 447 g/mol. The lowest BCUT2D eigenvalue weighted by Crippen LogP contribution is -2.48. The van der Waals surface area contributed by atoms with Gasteiger partial charge < -0.3 is 19.1 Å². The Hall–Kier alpha value is -3.52. The second-order valence-corrected chi connectivity index (χ2v) is 8.70. The number of benzene rings is 2. The number of ether oxygens (including phenoxy) is 3. The highest BCUT2D eigenvalue weighted by Crippen LogP contribution is 2.36. The number of aromatic nitrogens is 2. The number of methoxy groups -OCH3 is 1. The molecule has 1 saturated heterocycles. The highest BCUT2D eigenvalue weighted by atomic mass is 16.7. The lowest BCUT2D eigenvalue weighted by atomic mass is 9.88. The predicted molar refractivity (Wildman–Crippen MR) is 122 cm³/mol. The maximum absolute atomic E-state index is 13.3. The van der Waals surface area contributed by atoms with Gasteiger partial charge >= 0.3 is 0 Å². The largest absolute Gasteiger partial charge is 0.497 e. The Bertz CT molecular complexity index is 1210. The van der Waals surface area contributed by atoms with Gasteiger partial charge in [0, 0.05) is 43.9 Å². The number of H-pyrrole nitrogens is 1. The minimum atomic E-state index is 0.0449. The van der Waals surface area contributed by atoms with Crippen LogP contribution in [0.15, 0.2) is 36.4 Å². The molecule has 3 aliphatic rings. The molecule has 0 radical (unpaired) electrons. The maximum atomic E-state index is 13.3. The van der Waals surface area contributed by atoms with Crippen LogP contribution in [-0.4, -0.2) is 66.0 Å². The smallest absolute Gasteiger partial charge is 0.272 e. The molecular weight excluding hydrogens is 420 g/mol. The van der Waals surface area contributed by atoms with Gasteiger partial charge in [-0.25, -0.2) is 0 Å². The van der Waals surface area contributed by atoms with E-state index in [0.29, 0.717) is 18.8 Å². The number of aromatic amines is 1. The maximum Gasteiger partial charge on any atom is 0.272 e. The molecule has 8 nitrogen and oxygen atoms in total. The summed E-state index contributed by atoms with van der Waals surface area (Å²) in [6.07, 6.45) is 1.68. The first kappa shape index (κ1) is 20.1. The molecule has 3 aromatic rings. The minimum Gasteiger partial charge on any atom is -0.497 e. The topological polar surface area (TPSA) is 79.9 Å². The predicted octanol–water partition coefficient (Wildman–Crippen LogP) is 2.87. The third-order valence-electron chi connectivity index (χ3n) is 6.80. The first-order valence-electron chi connectivity index (χ1n) is 11.3. The molecule has 0 spiro atoms. The lowest BCUT2D eigenvalue weighted by Gasteiger charge is -2.34. The van der Waals surface area contributed by atoms with Crippen molar-refractivity contribution in [3.63, 3.8) is 0 Å². The number of carbonyl (C=O) groups excluding carboxylic acids is 1. The van der Waals surface area contributed by atoms with Crippen molar-refractivity contribution in [2.45, 2.75) is 19.4 Å². The molecule has 0 unspecified atom stereocenters. The zero-order valence-corrected chi connectivity index (χ0v) is 18.6. The zero-order valence-electron chi connectivity index (χ0n) is 18.6. The van der Waals surface area contributed by atoms with Crippen LogP contribution in [0.4, 0.5) is 0 Å². The molecular formula is C25H26N4O4. The van der Waals surface area contributed by atoms with E-state index in [2.05, 4.69) is 27.2 Å². The summed E-state index contributed by atoms with van der Waals surface area (Å²) in [5.74, 6) is 2.51. The molecule has 33 heavy (non-hydrogen) atoms. The van der Waals surface area contributed by atoms with Crippen molar-refractivity contribution in [1.29, 1.82) is 0 Å². The molecule has 1 N–H and O–H groups in total. The van der Waals surface area contributed by atoms with Crippen molar-refractivity contribution in [3.05, 3.63) is 58.8 Å². The number of carbonyl (C=O) groups is 1. The van der Waals surface area contributed by atoms with Crippen LogP contribution < -0.4 is 14.2 Å². The molecule has 0 saturated carbocycles. The standard InChI is InChI=1S/C25H26N4O4/c1-31-18-4-6-19-17(13-18)3-5-20-23(19)26-27-24(20)25(30)29-10-8-28(9-11-29)14-16-2-7-21-22(12-16)33-15-32-21/h2,4,6-7,12-13H,3,5,8-11,14-15H2,1H3,(H,26,27). The Kier molecular flexibility index (Phi) is 4.95. The molecule has 1 amide bonds. The van der Waals surface area contributed by atoms with Crippen LogP contribution in [0.5, 0.6) is 17.2 Å². The van der Waals surface area contributed by atoms with Crippen molar-refractivity contribution < 1.29 is 19.0 Å². The fourth-order valence-corrected chi connectivity index (χ4v) is 4.97. The molecule has 8 heteroatoms. The number of amides is 1. The van der Waals surface area contributed by atoms with Gasteiger partial charge in [0.15, 0.2) is 11.5 Å². The van der Waals surface area contributed by atoms with E-state index >= 15 is 0 Å². The summed E-state index contributed by atoms with van der Waals surface area (Å²) in [6, 6.07) is 12.1. The van der Waals surface area contributed by atoms with Crippen LogP contribution in [0, 0.1) is 0 Å². The summed E-state index contributed by atoms with van der Waals surface area (Å²) in [5.41, 5.74) is 6.04. The number of aryl methyl sites for hydroxylation is 1. The molecule has 6 rings (SSSR count). The molecule has 0 bridgehead atoms. The molecule has 2 aliphatic heterocycles. The number of rotatable bonds is 4. The van der Waals surface area contributed by atoms with Crippen LogP contribution in [0.2, 0.25) is 0 Å². The Balaban J connectivity index is 1.12. The summed E-state index contributed by atoms with van der Waals surface area (Å²) in [7, 11) is 1.68. The van der Waals surface area contributed by atoms with Crippen LogP contribution >= 0.6 is 0 Å². The van der Waals surface area contributed by atoms with Gasteiger partial charge in [0.05, 0.1) is 12.8 Å². The van der Waals surface area contributed by atoms with Gasteiger partial charge in [0.25, 0.3) is 5.91 Å². The van der Waals surface area contributed by atoms with Gasteiger partial charge in [0.2, 0.25) is 6.79 Å². The second kappa shape index (κ2) is 8.12. The summed E-state index contributed by atoms with van der Waals surface area (Å²) < 4.78 is 16.2. The number of hydrogen-bond acceptors (Lipinski definition) is 6. The first-order valence-corrected chi connectivity index (χ1v) is 11.3. The van der Waals surface area contributed by atoms with Crippen molar-refractivity contribution >= 4 is 5.91 Å². The van der Waals surface area contributed by atoms with Crippen LogP contribution in [-0.2, 0) is 19.4 Å². The van der Waals surface area contributed by atoms with Gasteiger partial charge in [-0.1, -0.05) is 6.07 Å². The molecule has 170 valence electrons. The van der Waals surface area contributed by atoms with Crippen molar-refractivity contribution in [2.75, 3.05) is 40.1 Å². The Morgan fingerprint density at radius 3 is 2.76 bits per heavy atom. The summed E-state index contributed by atoms with van der Waals surface area (Å²) >= 11 is 0. The van der Waals surface area contributed by atoms with E-state index in [1.54, 1.807) is 7.11 Å². The fourth-order valence-electron chi connectivity index (χ4n) is 4.97. The Labute approximate surface area is 192 Å². The van der Waals surface area contributed by atoms with Gasteiger partial charge in [0.1, 0.15) is 11.4 Å². The molecule has 1 fully saturated rings. The van der Waals surface area contributed by atoms with Crippen LogP contribution in [0.25, 0.3) is 11.3 Å². The summed E-state index contributed by atoms with van der Waals surface area (Å²) in [5, 5.41) is 7.57. The molecule has 1 aromatic heterocycles. The highest BCUT2D eigenvalue weighted by molar-refractivity contribution is 5.96. The third-order valence-corrected chi connectivity index (χ3v) is 6.80. The molecule has 2 aromatic carbocycles.